The molecule has 0 radical (unpaired) electrons. The van der Waals surface area contributed by atoms with Crippen LogP contribution in [0.5, 0.6) is 0 Å². The maximum atomic E-state index is 13.3. The van der Waals surface area contributed by atoms with Crippen LogP contribution in [0.1, 0.15) is 55.7 Å². The maximum absolute atomic E-state index is 13.3. The lowest BCUT2D eigenvalue weighted by atomic mass is 9.90. The van der Waals surface area contributed by atoms with Gasteiger partial charge in [0.1, 0.15) is 5.92 Å². The number of rotatable bonds is 8. The molecule has 2 heterocycles. The molecule has 3 aromatic carbocycles. The second-order valence-corrected chi connectivity index (χ2v) is 12.5. The lowest BCUT2D eigenvalue weighted by Gasteiger charge is -2.26. The van der Waals surface area contributed by atoms with Gasteiger partial charge in [0.15, 0.2) is 0 Å². The molecular weight excluding hydrogens is 496 g/mol. The summed E-state index contributed by atoms with van der Waals surface area (Å²) in [6.07, 6.45) is 3.83. The van der Waals surface area contributed by atoms with Crippen LogP contribution in [-0.4, -0.2) is 43.3 Å². The van der Waals surface area contributed by atoms with Gasteiger partial charge in [-0.3, -0.25) is 19.4 Å². The highest BCUT2D eigenvalue weighted by molar-refractivity contribution is 7.93. The molecule has 1 atom stereocenters. The minimum atomic E-state index is -3.52. The van der Waals surface area contributed by atoms with Gasteiger partial charge in [0.25, 0.3) is 0 Å². The highest BCUT2D eigenvalue weighted by Gasteiger charge is 2.36. The molecule has 7 nitrogen and oxygen atoms in total. The molecule has 1 unspecified atom stereocenters. The Labute approximate surface area is 225 Å². The lowest BCUT2D eigenvalue weighted by Crippen LogP contribution is -2.28. The summed E-state index contributed by atoms with van der Waals surface area (Å²) < 4.78 is 27.6. The van der Waals surface area contributed by atoms with Crippen molar-refractivity contribution in [2.45, 2.75) is 50.8 Å². The lowest BCUT2D eigenvalue weighted by molar-refractivity contribution is -0.115. The van der Waals surface area contributed by atoms with Gasteiger partial charge in [-0.25, -0.2) is 8.42 Å². The number of nitrogens with one attached hydrogen (secondary N) is 2. The van der Waals surface area contributed by atoms with Crippen molar-refractivity contribution in [3.63, 3.8) is 0 Å². The fourth-order valence-electron chi connectivity index (χ4n) is 4.97. The van der Waals surface area contributed by atoms with E-state index >= 15 is 0 Å². The number of hydrogen-bond acceptors (Lipinski definition) is 5. The number of aliphatic imine (C=N–C) groups is 1. The van der Waals surface area contributed by atoms with Crippen molar-refractivity contribution in [1.82, 2.24) is 4.90 Å². The summed E-state index contributed by atoms with van der Waals surface area (Å²) in [6, 6.07) is 23.0. The standard InChI is InChI=1S/C30H34N4O3S/c1-21(2)38(36,37)33-25-15-16-27-26(19-25)28(30(35)32-27)29(23-9-5-3-6-10-23)31-24-13-11-22(12-14-24)20-34-17-7-4-8-18-34/h3,5-6,9-16,19,21,28,33H,4,7-8,17-18,20H2,1-2H3,(H,32,35). The molecule has 38 heavy (non-hydrogen) atoms. The number of amides is 1. The van der Waals surface area contributed by atoms with E-state index in [0.717, 1.165) is 30.9 Å². The smallest absolute Gasteiger partial charge is 0.238 e. The van der Waals surface area contributed by atoms with Crippen LogP contribution < -0.4 is 10.0 Å². The molecule has 2 aliphatic rings. The minimum absolute atomic E-state index is 0.187. The molecule has 198 valence electrons. The molecule has 1 amide bonds. The predicted molar refractivity (Wildman–Crippen MR) is 154 cm³/mol. The Bertz CT molecular complexity index is 1430. The number of anilines is 2. The molecule has 0 bridgehead atoms. The normalized spacial score (nSPS) is 18.3. The Morgan fingerprint density at radius 3 is 2.39 bits per heavy atom. The first-order valence-corrected chi connectivity index (χ1v) is 14.8. The van der Waals surface area contributed by atoms with Crippen LogP contribution in [0.2, 0.25) is 0 Å². The van der Waals surface area contributed by atoms with Crippen LogP contribution >= 0.6 is 0 Å². The molecule has 0 aromatic heterocycles. The number of hydrogen-bond donors (Lipinski definition) is 2. The largest absolute Gasteiger partial charge is 0.325 e. The molecule has 5 rings (SSSR count). The van der Waals surface area contributed by atoms with Gasteiger partial charge in [-0.1, -0.05) is 48.9 Å². The van der Waals surface area contributed by atoms with Crippen molar-refractivity contribution in [2.24, 2.45) is 4.99 Å². The van der Waals surface area contributed by atoms with Crippen molar-refractivity contribution >= 4 is 38.7 Å². The van der Waals surface area contributed by atoms with Gasteiger partial charge >= 0.3 is 0 Å². The Hall–Kier alpha value is -3.49. The van der Waals surface area contributed by atoms with Gasteiger partial charge in [0.05, 0.1) is 16.6 Å². The molecule has 1 fully saturated rings. The summed E-state index contributed by atoms with van der Waals surface area (Å²) in [5.41, 5.74) is 5.26. The predicted octanol–water partition coefficient (Wildman–Crippen LogP) is 5.68. The Balaban J connectivity index is 1.49. The van der Waals surface area contributed by atoms with Crippen LogP contribution in [0.4, 0.5) is 17.1 Å². The van der Waals surface area contributed by atoms with E-state index in [4.69, 9.17) is 4.99 Å². The summed E-state index contributed by atoms with van der Waals surface area (Å²) in [5.74, 6) is -0.864. The zero-order valence-corrected chi connectivity index (χ0v) is 22.7. The van der Waals surface area contributed by atoms with E-state index in [-0.39, 0.29) is 5.91 Å². The van der Waals surface area contributed by atoms with Crippen molar-refractivity contribution < 1.29 is 13.2 Å². The van der Waals surface area contributed by atoms with Crippen LogP contribution in [0.15, 0.2) is 77.8 Å². The molecular formula is C30H34N4O3S. The SMILES string of the molecule is CC(C)S(=O)(=O)Nc1ccc2c(c1)C(C(=Nc1ccc(CN3CCCCC3)cc1)c1ccccc1)C(=O)N2. The molecule has 0 saturated carbocycles. The molecule has 0 aliphatic carbocycles. The number of fused-ring (bicyclic) bond motifs is 1. The number of carbonyl (C=O) groups is 1. The van der Waals surface area contributed by atoms with E-state index in [1.807, 2.05) is 42.5 Å². The third kappa shape index (κ3) is 5.81. The van der Waals surface area contributed by atoms with E-state index in [0.29, 0.717) is 22.6 Å². The van der Waals surface area contributed by atoms with Crippen molar-refractivity contribution in [3.8, 4) is 0 Å². The quantitative estimate of drug-likeness (QED) is 0.367. The van der Waals surface area contributed by atoms with E-state index in [1.54, 1.807) is 32.0 Å². The van der Waals surface area contributed by atoms with E-state index in [9.17, 15) is 13.2 Å². The molecule has 1 saturated heterocycles. The molecule has 3 aromatic rings. The Morgan fingerprint density at radius 1 is 1.00 bits per heavy atom. The zero-order chi connectivity index (χ0) is 26.7. The fourth-order valence-corrected chi connectivity index (χ4v) is 5.67. The third-order valence-corrected chi connectivity index (χ3v) is 8.91. The van der Waals surface area contributed by atoms with Gasteiger partial charge in [-0.05, 0) is 86.8 Å². The number of likely N-dealkylation sites (tertiary alicyclic amines) is 1. The number of nitrogens with zero attached hydrogens (tertiary/aromatic N) is 2. The third-order valence-electron chi connectivity index (χ3n) is 7.15. The van der Waals surface area contributed by atoms with Crippen LogP contribution in [-0.2, 0) is 21.4 Å². The first-order chi connectivity index (χ1) is 18.3. The number of piperidine rings is 1. The minimum Gasteiger partial charge on any atom is -0.325 e. The van der Waals surface area contributed by atoms with E-state index in [1.165, 1.54) is 24.8 Å². The summed E-state index contributed by atoms with van der Waals surface area (Å²) >= 11 is 0. The summed E-state index contributed by atoms with van der Waals surface area (Å²) in [5, 5.41) is 2.37. The van der Waals surface area contributed by atoms with Crippen LogP contribution in [0.3, 0.4) is 0 Å². The van der Waals surface area contributed by atoms with Gasteiger partial charge in [0.2, 0.25) is 15.9 Å². The van der Waals surface area contributed by atoms with Gasteiger partial charge in [0, 0.05) is 17.9 Å². The van der Waals surface area contributed by atoms with Crippen LogP contribution in [0.25, 0.3) is 0 Å². The molecule has 2 aliphatic heterocycles. The van der Waals surface area contributed by atoms with Crippen LogP contribution in [0, 0.1) is 0 Å². The van der Waals surface area contributed by atoms with Crippen molar-refractivity contribution in [3.05, 3.63) is 89.5 Å². The Kier molecular flexibility index (Phi) is 7.63. The first kappa shape index (κ1) is 26.1. The van der Waals surface area contributed by atoms with Gasteiger partial charge in [-0.2, -0.15) is 0 Å². The monoisotopic (exact) mass is 530 g/mol. The van der Waals surface area contributed by atoms with E-state index < -0.39 is 21.2 Å². The molecule has 8 heteroatoms. The number of sulfonamides is 1. The summed E-state index contributed by atoms with van der Waals surface area (Å²) in [6.45, 7) is 6.47. The fraction of sp³-hybridized carbons (Fsp3) is 0.333. The number of benzene rings is 3. The van der Waals surface area contributed by atoms with Crippen molar-refractivity contribution in [1.29, 1.82) is 0 Å². The second kappa shape index (κ2) is 11.1. The van der Waals surface area contributed by atoms with Crippen molar-refractivity contribution in [2.75, 3.05) is 23.1 Å². The van der Waals surface area contributed by atoms with E-state index in [2.05, 4.69) is 27.1 Å². The molecule has 0 spiro atoms. The topological polar surface area (TPSA) is 90.9 Å². The van der Waals surface area contributed by atoms with Gasteiger partial charge < -0.3 is 5.32 Å². The number of carbonyl (C=O) groups excluding carboxylic acids is 1. The second-order valence-electron chi connectivity index (χ2n) is 10.3. The molecule has 2 N–H and O–H groups in total. The average molecular weight is 531 g/mol. The Morgan fingerprint density at radius 2 is 1.71 bits per heavy atom. The zero-order valence-electron chi connectivity index (χ0n) is 21.9. The summed E-state index contributed by atoms with van der Waals surface area (Å²) in [4.78, 5) is 20.8. The van der Waals surface area contributed by atoms with Gasteiger partial charge in [-0.15, -0.1) is 0 Å². The average Bonchev–Trinajstić information content (AvgIpc) is 3.24. The first-order valence-electron chi connectivity index (χ1n) is 13.2. The summed E-state index contributed by atoms with van der Waals surface area (Å²) in [7, 11) is -3.52. The maximum Gasteiger partial charge on any atom is 0.238 e. The highest BCUT2D eigenvalue weighted by Crippen LogP contribution is 2.38. The highest BCUT2D eigenvalue weighted by atomic mass is 32.2.